The average molecular weight is 454 g/mol. The molecule has 0 aliphatic carbocycles. The molecule has 0 aliphatic rings. The molecule has 0 bridgehead atoms. The van der Waals surface area contributed by atoms with Crippen LogP contribution in [0.5, 0.6) is 5.75 Å². The van der Waals surface area contributed by atoms with Crippen molar-refractivity contribution in [2.45, 2.75) is 27.0 Å². The molecule has 1 amide bonds. The molecule has 164 valence electrons. The number of benzene rings is 2. The molecule has 0 saturated heterocycles. The summed E-state index contributed by atoms with van der Waals surface area (Å²) in [4.78, 5) is 12.6. The third kappa shape index (κ3) is 5.18. The smallest absolute Gasteiger partial charge is 0.292 e. The van der Waals surface area contributed by atoms with Gasteiger partial charge in [-0.05, 0) is 55.3 Å². The quantitative estimate of drug-likeness (QED) is 0.386. The predicted molar refractivity (Wildman–Crippen MR) is 120 cm³/mol. The topological polar surface area (TPSA) is 69.3 Å². The Morgan fingerprint density at radius 3 is 2.66 bits per heavy atom. The van der Waals surface area contributed by atoms with Gasteiger partial charge in [-0.1, -0.05) is 35.9 Å². The van der Waals surface area contributed by atoms with Crippen LogP contribution in [0.4, 0.5) is 10.2 Å². The lowest BCUT2D eigenvalue weighted by Gasteiger charge is -2.06. The average Bonchev–Trinajstić information content (AvgIpc) is 3.34. The Morgan fingerprint density at radius 2 is 1.91 bits per heavy atom. The third-order valence-electron chi connectivity index (χ3n) is 4.70. The first kappa shape index (κ1) is 21.6. The second kappa shape index (κ2) is 9.28. The molecule has 4 rings (SSSR count). The van der Waals surface area contributed by atoms with Gasteiger partial charge < -0.3 is 14.5 Å². The summed E-state index contributed by atoms with van der Waals surface area (Å²) in [7, 11) is 0. The Kier molecular flexibility index (Phi) is 6.28. The summed E-state index contributed by atoms with van der Waals surface area (Å²) in [5.74, 6) is 0.667. The van der Waals surface area contributed by atoms with E-state index < -0.39 is 5.91 Å². The monoisotopic (exact) mass is 453 g/mol. The van der Waals surface area contributed by atoms with Crippen LogP contribution in [0.15, 0.2) is 65.2 Å². The van der Waals surface area contributed by atoms with Crippen molar-refractivity contribution in [2.75, 3.05) is 5.32 Å². The van der Waals surface area contributed by atoms with Crippen LogP contribution in [0.3, 0.4) is 0 Å². The van der Waals surface area contributed by atoms with E-state index in [2.05, 4.69) is 16.5 Å². The van der Waals surface area contributed by atoms with E-state index in [1.165, 1.54) is 16.9 Å². The number of ether oxygens (including phenoxy) is 1. The van der Waals surface area contributed by atoms with Gasteiger partial charge in [-0.25, -0.2) is 4.39 Å². The van der Waals surface area contributed by atoms with Crippen molar-refractivity contribution in [3.8, 4) is 5.75 Å². The molecule has 6 nitrogen and oxygen atoms in total. The van der Waals surface area contributed by atoms with E-state index in [0.717, 1.165) is 16.9 Å². The number of carbonyl (C=O) groups is 1. The second-order valence-corrected chi connectivity index (χ2v) is 7.85. The van der Waals surface area contributed by atoms with E-state index in [1.54, 1.807) is 30.3 Å². The van der Waals surface area contributed by atoms with Crippen LogP contribution in [0, 0.1) is 19.7 Å². The summed E-state index contributed by atoms with van der Waals surface area (Å²) >= 11 is 6.19. The lowest BCUT2D eigenvalue weighted by molar-refractivity contribution is 0.0992. The van der Waals surface area contributed by atoms with Gasteiger partial charge in [0.25, 0.3) is 5.91 Å². The maximum absolute atomic E-state index is 13.9. The molecule has 2 aromatic carbocycles. The molecule has 0 saturated carbocycles. The summed E-state index contributed by atoms with van der Waals surface area (Å²) in [5, 5.41) is 7.08. The minimum atomic E-state index is -0.499. The standard InChI is InChI=1S/C24H21ClFN3O3/c1-15-9-16(2)11-19(10-15)31-14-18-7-8-22(32-18)24(30)27-23-20(25)13-29(28-23)12-17-5-3-4-6-21(17)26/h3-11,13H,12,14H2,1-2H3,(H,27,28,30). The Bertz CT molecular complexity index is 1240. The van der Waals surface area contributed by atoms with Crippen LogP contribution in [0.25, 0.3) is 0 Å². The number of anilines is 1. The molecule has 1 N–H and O–H groups in total. The Morgan fingerprint density at radius 1 is 1.16 bits per heavy atom. The lowest BCUT2D eigenvalue weighted by atomic mass is 10.1. The zero-order valence-corrected chi connectivity index (χ0v) is 18.3. The zero-order chi connectivity index (χ0) is 22.7. The molecule has 32 heavy (non-hydrogen) atoms. The number of nitrogens with zero attached hydrogens (tertiary/aromatic N) is 2. The normalized spacial score (nSPS) is 10.9. The lowest BCUT2D eigenvalue weighted by Crippen LogP contribution is -2.12. The number of hydrogen-bond donors (Lipinski definition) is 1. The fraction of sp³-hybridized carbons (Fsp3) is 0.167. The molecular formula is C24H21ClFN3O3. The zero-order valence-electron chi connectivity index (χ0n) is 17.6. The van der Waals surface area contributed by atoms with Crippen LogP contribution >= 0.6 is 11.6 Å². The van der Waals surface area contributed by atoms with Gasteiger partial charge in [0.05, 0.1) is 6.54 Å². The first-order valence-corrected chi connectivity index (χ1v) is 10.3. The van der Waals surface area contributed by atoms with Crippen LogP contribution in [0.1, 0.15) is 33.0 Å². The molecule has 0 atom stereocenters. The maximum atomic E-state index is 13.9. The largest absolute Gasteiger partial charge is 0.486 e. The van der Waals surface area contributed by atoms with Crippen molar-refractivity contribution >= 4 is 23.3 Å². The number of hydrogen-bond acceptors (Lipinski definition) is 4. The van der Waals surface area contributed by atoms with E-state index in [0.29, 0.717) is 11.3 Å². The van der Waals surface area contributed by atoms with E-state index in [1.807, 2.05) is 26.0 Å². The molecule has 2 aromatic heterocycles. The van der Waals surface area contributed by atoms with Crippen molar-refractivity contribution in [3.05, 3.63) is 99.8 Å². The van der Waals surface area contributed by atoms with Crippen molar-refractivity contribution in [2.24, 2.45) is 0 Å². The fourth-order valence-corrected chi connectivity index (χ4v) is 3.48. The number of amides is 1. The number of nitrogens with one attached hydrogen (secondary N) is 1. The van der Waals surface area contributed by atoms with Crippen molar-refractivity contribution in [3.63, 3.8) is 0 Å². The van der Waals surface area contributed by atoms with Gasteiger partial charge in [0.1, 0.15) is 29.0 Å². The third-order valence-corrected chi connectivity index (χ3v) is 4.98. The number of aromatic nitrogens is 2. The Hall–Kier alpha value is -3.58. The molecule has 0 fully saturated rings. The minimum absolute atomic E-state index is 0.101. The summed E-state index contributed by atoms with van der Waals surface area (Å²) in [5.41, 5.74) is 2.67. The predicted octanol–water partition coefficient (Wildman–Crippen LogP) is 5.77. The summed E-state index contributed by atoms with van der Waals surface area (Å²) in [6, 6.07) is 15.6. The van der Waals surface area contributed by atoms with E-state index >= 15 is 0 Å². The number of halogens is 2. The highest BCUT2D eigenvalue weighted by atomic mass is 35.5. The van der Waals surface area contributed by atoms with Gasteiger partial charge >= 0.3 is 0 Å². The summed E-state index contributed by atoms with van der Waals surface area (Å²) in [6.45, 7) is 4.37. The molecule has 0 unspecified atom stereocenters. The van der Waals surface area contributed by atoms with Crippen LogP contribution in [-0.2, 0) is 13.2 Å². The summed E-state index contributed by atoms with van der Waals surface area (Å²) < 4.78 is 26.7. The fourth-order valence-electron chi connectivity index (χ4n) is 3.28. The van der Waals surface area contributed by atoms with E-state index in [-0.39, 0.29) is 35.6 Å². The van der Waals surface area contributed by atoms with Crippen LogP contribution in [0.2, 0.25) is 5.02 Å². The number of rotatable bonds is 7. The van der Waals surface area contributed by atoms with Gasteiger partial charge in [0.2, 0.25) is 0 Å². The van der Waals surface area contributed by atoms with E-state index in [9.17, 15) is 9.18 Å². The number of furan rings is 1. The van der Waals surface area contributed by atoms with Crippen molar-refractivity contribution < 1.29 is 18.3 Å². The summed E-state index contributed by atoms with van der Waals surface area (Å²) in [6.07, 6.45) is 1.52. The SMILES string of the molecule is Cc1cc(C)cc(OCc2ccc(C(=O)Nc3nn(Cc4ccccc4F)cc3Cl)o2)c1. The van der Waals surface area contributed by atoms with Gasteiger partial charge in [-0.15, -0.1) is 0 Å². The highest BCUT2D eigenvalue weighted by Crippen LogP contribution is 2.22. The molecule has 2 heterocycles. The van der Waals surface area contributed by atoms with Crippen LogP contribution < -0.4 is 10.1 Å². The molecule has 0 spiro atoms. The van der Waals surface area contributed by atoms with E-state index in [4.69, 9.17) is 20.8 Å². The number of aryl methyl sites for hydroxylation is 2. The second-order valence-electron chi connectivity index (χ2n) is 7.45. The Labute approximate surface area is 189 Å². The van der Waals surface area contributed by atoms with Gasteiger partial charge in [-0.2, -0.15) is 5.10 Å². The van der Waals surface area contributed by atoms with Gasteiger partial charge in [-0.3, -0.25) is 9.48 Å². The minimum Gasteiger partial charge on any atom is -0.486 e. The van der Waals surface area contributed by atoms with Crippen molar-refractivity contribution in [1.82, 2.24) is 9.78 Å². The first-order chi connectivity index (χ1) is 15.4. The first-order valence-electron chi connectivity index (χ1n) is 9.95. The molecular weight excluding hydrogens is 433 g/mol. The molecule has 0 radical (unpaired) electrons. The Balaban J connectivity index is 1.39. The highest BCUT2D eigenvalue weighted by Gasteiger charge is 2.16. The highest BCUT2D eigenvalue weighted by molar-refractivity contribution is 6.33. The molecule has 4 aromatic rings. The number of carbonyl (C=O) groups excluding carboxylic acids is 1. The molecule has 0 aliphatic heterocycles. The molecule has 8 heteroatoms. The van der Waals surface area contributed by atoms with Gasteiger partial charge in [0.15, 0.2) is 11.6 Å². The maximum Gasteiger partial charge on any atom is 0.292 e. The van der Waals surface area contributed by atoms with Crippen molar-refractivity contribution in [1.29, 1.82) is 0 Å². The van der Waals surface area contributed by atoms with Gasteiger partial charge in [0, 0.05) is 11.8 Å². The van der Waals surface area contributed by atoms with Crippen LogP contribution in [-0.4, -0.2) is 15.7 Å².